The molecule has 0 radical (unpaired) electrons. The van der Waals surface area contributed by atoms with Gasteiger partial charge in [0.25, 0.3) is 0 Å². The topological polar surface area (TPSA) is 86.3 Å². The summed E-state index contributed by atoms with van der Waals surface area (Å²) in [6.07, 6.45) is 3.62. The van der Waals surface area contributed by atoms with Crippen molar-refractivity contribution in [3.8, 4) is 0 Å². The van der Waals surface area contributed by atoms with Crippen LogP contribution in [0.1, 0.15) is 45.9 Å². The smallest absolute Gasteiger partial charge is 0.243 e. The SMILES string of the molecule is CCCc1nc2c(N)nc3ccccc3c2n1CCCC(C)N(OC)C(C)=O. The lowest BCUT2D eigenvalue weighted by Gasteiger charge is -2.25. The number of aryl methyl sites for hydroxylation is 2. The fourth-order valence-corrected chi connectivity index (χ4v) is 3.84. The number of pyridine rings is 1. The monoisotopic (exact) mass is 383 g/mol. The first-order valence-corrected chi connectivity index (χ1v) is 9.85. The van der Waals surface area contributed by atoms with Crippen LogP contribution >= 0.6 is 0 Å². The van der Waals surface area contributed by atoms with Gasteiger partial charge in [0.15, 0.2) is 5.82 Å². The minimum atomic E-state index is -0.0837. The number of hydroxylamine groups is 2. The van der Waals surface area contributed by atoms with Gasteiger partial charge >= 0.3 is 0 Å². The van der Waals surface area contributed by atoms with Crippen molar-refractivity contribution in [3.05, 3.63) is 30.1 Å². The molecule has 2 heterocycles. The maximum Gasteiger partial charge on any atom is 0.243 e. The second-order valence-corrected chi connectivity index (χ2v) is 7.16. The predicted molar refractivity (Wildman–Crippen MR) is 112 cm³/mol. The minimum Gasteiger partial charge on any atom is -0.382 e. The lowest BCUT2D eigenvalue weighted by molar-refractivity contribution is -0.185. The van der Waals surface area contributed by atoms with Gasteiger partial charge in [-0.15, -0.1) is 0 Å². The fraction of sp³-hybridized carbons (Fsp3) is 0.476. The van der Waals surface area contributed by atoms with Crippen LogP contribution < -0.4 is 5.73 Å². The molecule has 0 aliphatic carbocycles. The standard InChI is InChI=1S/C21H29N5O2/c1-5-9-18-24-19-20(16-11-6-7-12-17(16)23-21(19)22)25(18)13-8-10-14(2)26(28-4)15(3)27/h6-7,11-12,14H,5,8-10,13H2,1-4H3,(H2,22,23). The molecule has 1 aromatic carbocycles. The lowest BCUT2D eigenvalue weighted by Crippen LogP contribution is -2.36. The number of hydrogen-bond acceptors (Lipinski definition) is 5. The lowest BCUT2D eigenvalue weighted by atomic mass is 10.1. The summed E-state index contributed by atoms with van der Waals surface area (Å²) < 4.78 is 2.27. The van der Waals surface area contributed by atoms with Crippen LogP contribution in [0.15, 0.2) is 24.3 Å². The third kappa shape index (κ3) is 3.80. The summed E-state index contributed by atoms with van der Waals surface area (Å²) in [5.41, 5.74) is 8.93. The molecular formula is C21H29N5O2. The van der Waals surface area contributed by atoms with Crippen LogP contribution in [0, 0.1) is 0 Å². The van der Waals surface area contributed by atoms with Crippen molar-refractivity contribution in [2.45, 2.75) is 59.0 Å². The van der Waals surface area contributed by atoms with Gasteiger partial charge in [0.2, 0.25) is 5.91 Å². The van der Waals surface area contributed by atoms with Crippen molar-refractivity contribution in [2.24, 2.45) is 0 Å². The number of imidazole rings is 1. The van der Waals surface area contributed by atoms with Crippen LogP contribution in [0.3, 0.4) is 0 Å². The molecule has 2 N–H and O–H groups in total. The molecule has 1 amide bonds. The van der Waals surface area contributed by atoms with Gasteiger partial charge < -0.3 is 10.3 Å². The summed E-state index contributed by atoms with van der Waals surface area (Å²) in [5.74, 6) is 1.42. The summed E-state index contributed by atoms with van der Waals surface area (Å²) in [4.78, 5) is 26.2. The van der Waals surface area contributed by atoms with Gasteiger partial charge in [-0.25, -0.2) is 15.0 Å². The highest BCUT2D eigenvalue weighted by atomic mass is 16.7. The van der Waals surface area contributed by atoms with Crippen molar-refractivity contribution in [2.75, 3.05) is 12.8 Å². The molecule has 0 bridgehead atoms. The summed E-state index contributed by atoms with van der Waals surface area (Å²) in [5, 5.41) is 2.49. The van der Waals surface area contributed by atoms with E-state index in [2.05, 4.69) is 22.5 Å². The molecule has 3 aromatic rings. The van der Waals surface area contributed by atoms with Crippen LogP contribution in [0.4, 0.5) is 5.82 Å². The number of rotatable bonds is 8. The van der Waals surface area contributed by atoms with Gasteiger partial charge in [0, 0.05) is 25.3 Å². The Balaban J connectivity index is 1.95. The zero-order valence-corrected chi connectivity index (χ0v) is 17.1. The van der Waals surface area contributed by atoms with Crippen molar-refractivity contribution in [3.63, 3.8) is 0 Å². The third-order valence-corrected chi connectivity index (χ3v) is 5.07. The van der Waals surface area contributed by atoms with Crippen LogP contribution in [-0.2, 0) is 22.6 Å². The molecule has 28 heavy (non-hydrogen) atoms. The van der Waals surface area contributed by atoms with E-state index in [-0.39, 0.29) is 11.9 Å². The van der Waals surface area contributed by atoms with Gasteiger partial charge in [-0.3, -0.25) is 9.63 Å². The molecule has 0 saturated heterocycles. The average Bonchev–Trinajstić information content (AvgIpc) is 3.02. The summed E-state index contributed by atoms with van der Waals surface area (Å²) in [6.45, 7) is 6.47. The number of nitrogens with zero attached hydrogens (tertiary/aromatic N) is 4. The Hall–Kier alpha value is -2.67. The predicted octanol–water partition coefficient (Wildman–Crippen LogP) is 3.70. The van der Waals surface area contributed by atoms with E-state index in [1.54, 1.807) is 0 Å². The molecule has 0 aliphatic rings. The number of carbonyl (C=O) groups excluding carboxylic acids is 1. The highest BCUT2D eigenvalue weighted by Crippen LogP contribution is 2.29. The second kappa shape index (κ2) is 8.56. The molecule has 1 unspecified atom stereocenters. The Morgan fingerprint density at radius 2 is 2.07 bits per heavy atom. The van der Waals surface area contributed by atoms with Gasteiger partial charge in [-0.2, -0.15) is 0 Å². The number of fused-ring (bicyclic) bond motifs is 3. The quantitative estimate of drug-likeness (QED) is 0.600. The average molecular weight is 383 g/mol. The molecule has 0 fully saturated rings. The molecule has 0 spiro atoms. The maximum atomic E-state index is 11.7. The van der Waals surface area contributed by atoms with E-state index in [0.717, 1.165) is 60.0 Å². The number of carbonyl (C=O) groups is 1. The summed E-state index contributed by atoms with van der Waals surface area (Å²) in [6, 6.07) is 8.05. The zero-order chi connectivity index (χ0) is 20.3. The Morgan fingerprint density at radius 1 is 1.32 bits per heavy atom. The normalized spacial score (nSPS) is 12.6. The van der Waals surface area contributed by atoms with Gasteiger partial charge in [0.05, 0.1) is 24.2 Å². The molecule has 7 heteroatoms. The van der Waals surface area contributed by atoms with Gasteiger partial charge in [-0.05, 0) is 32.3 Å². The van der Waals surface area contributed by atoms with Crippen molar-refractivity contribution in [1.29, 1.82) is 0 Å². The highest BCUT2D eigenvalue weighted by molar-refractivity contribution is 6.06. The number of anilines is 1. The highest BCUT2D eigenvalue weighted by Gasteiger charge is 2.19. The zero-order valence-electron chi connectivity index (χ0n) is 17.1. The minimum absolute atomic E-state index is 0.00962. The van der Waals surface area contributed by atoms with Crippen LogP contribution in [0.2, 0.25) is 0 Å². The molecule has 7 nitrogen and oxygen atoms in total. The molecule has 3 rings (SSSR count). The fourth-order valence-electron chi connectivity index (χ4n) is 3.84. The molecule has 2 aromatic heterocycles. The van der Waals surface area contributed by atoms with Gasteiger partial charge in [-0.1, -0.05) is 25.1 Å². The van der Waals surface area contributed by atoms with E-state index < -0.39 is 0 Å². The van der Waals surface area contributed by atoms with Crippen LogP contribution in [-0.4, -0.2) is 38.7 Å². The van der Waals surface area contributed by atoms with Crippen molar-refractivity contribution < 1.29 is 9.63 Å². The Labute approximate surface area is 165 Å². The Kier molecular flexibility index (Phi) is 6.14. The Bertz CT molecular complexity index is 982. The van der Waals surface area contributed by atoms with Crippen molar-refractivity contribution >= 4 is 33.7 Å². The van der Waals surface area contributed by atoms with Crippen LogP contribution in [0.5, 0.6) is 0 Å². The number of nitrogens with two attached hydrogens (primary N) is 1. The third-order valence-electron chi connectivity index (χ3n) is 5.07. The summed E-state index contributed by atoms with van der Waals surface area (Å²) in [7, 11) is 1.53. The molecule has 0 saturated carbocycles. The number of aromatic nitrogens is 3. The summed E-state index contributed by atoms with van der Waals surface area (Å²) >= 11 is 0. The first kappa shape index (κ1) is 20.1. The van der Waals surface area contributed by atoms with E-state index in [9.17, 15) is 4.79 Å². The second-order valence-electron chi connectivity index (χ2n) is 7.16. The molecule has 150 valence electrons. The Morgan fingerprint density at radius 3 is 2.75 bits per heavy atom. The first-order valence-electron chi connectivity index (χ1n) is 9.85. The van der Waals surface area contributed by atoms with E-state index in [4.69, 9.17) is 15.6 Å². The number of nitrogen functional groups attached to an aromatic ring is 1. The van der Waals surface area contributed by atoms with Crippen molar-refractivity contribution in [1.82, 2.24) is 19.6 Å². The van der Waals surface area contributed by atoms with E-state index in [0.29, 0.717) is 5.82 Å². The maximum absolute atomic E-state index is 11.7. The van der Waals surface area contributed by atoms with E-state index >= 15 is 0 Å². The molecule has 1 atom stereocenters. The van der Waals surface area contributed by atoms with Gasteiger partial charge in [0.1, 0.15) is 11.3 Å². The molecule has 0 aliphatic heterocycles. The largest absolute Gasteiger partial charge is 0.382 e. The number of hydrogen-bond donors (Lipinski definition) is 1. The van der Waals surface area contributed by atoms with Crippen LogP contribution in [0.25, 0.3) is 21.9 Å². The van der Waals surface area contributed by atoms with E-state index in [1.165, 1.54) is 19.1 Å². The molecular weight excluding hydrogens is 354 g/mol. The number of para-hydroxylation sites is 1. The van der Waals surface area contributed by atoms with E-state index in [1.807, 2.05) is 25.1 Å². The number of benzene rings is 1. The number of amides is 1. The first-order chi connectivity index (χ1) is 13.5.